The number of carbonyl (C=O) groups excluding carboxylic acids is 2. The molecule has 0 amide bonds. The van der Waals surface area contributed by atoms with Crippen LogP contribution in [-0.2, 0) is 32.7 Å². The minimum atomic E-state index is -5.15. The summed E-state index contributed by atoms with van der Waals surface area (Å²) in [5.74, 6) is -1.21. The summed E-state index contributed by atoms with van der Waals surface area (Å²) in [5, 5.41) is 60.2. The predicted octanol–water partition coefficient (Wildman–Crippen LogP) is 7.92. The number of aliphatic hydroxyl groups is 6. The number of hydrogen-bond donors (Lipinski definition) is 7. The number of esters is 2. The van der Waals surface area contributed by atoms with E-state index in [0.29, 0.717) is 32.1 Å². The van der Waals surface area contributed by atoms with Gasteiger partial charge in [-0.2, -0.15) is 0 Å². The van der Waals surface area contributed by atoms with Crippen LogP contribution >= 0.6 is 7.82 Å². The van der Waals surface area contributed by atoms with Gasteiger partial charge in [-0.1, -0.05) is 139 Å². The van der Waals surface area contributed by atoms with E-state index in [-0.39, 0.29) is 12.8 Å². The number of phosphoric acid groups is 1. The maximum absolute atomic E-state index is 12.8. The fourth-order valence-corrected chi connectivity index (χ4v) is 7.57. The lowest BCUT2D eigenvalue weighted by Gasteiger charge is -2.41. The number of allylic oxidation sites excluding steroid dienone is 8. The zero-order valence-corrected chi connectivity index (χ0v) is 38.4. The van der Waals surface area contributed by atoms with Gasteiger partial charge in [-0.15, -0.1) is 0 Å². The van der Waals surface area contributed by atoms with Gasteiger partial charge in [-0.25, -0.2) is 4.57 Å². The zero-order valence-electron chi connectivity index (χ0n) is 37.5. The van der Waals surface area contributed by atoms with E-state index in [9.17, 15) is 49.7 Å². The van der Waals surface area contributed by atoms with Crippen LogP contribution in [0.15, 0.2) is 60.8 Å². The second-order valence-corrected chi connectivity index (χ2v) is 17.5. The molecule has 0 aliphatic heterocycles. The molecule has 1 aliphatic carbocycles. The van der Waals surface area contributed by atoms with Crippen LogP contribution < -0.4 is 0 Å². The highest BCUT2D eigenvalue weighted by atomic mass is 31.2. The summed E-state index contributed by atoms with van der Waals surface area (Å²) in [6.45, 7) is 3.12. The first-order valence-electron chi connectivity index (χ1n) is 23.2. The molecule has 1 aliphatic rings. The minimum absolute atomic E-state index is 0.0563. The van der Waals surface area contributed by atoms with Gasteiger partial charge in [0.05, 0.1) is 12.7 Å². The third-order valence-corrected chi connectivity index (χ3v) is 11.4. The van der Waals surface area contributed by atoms with Crippen LogP contribution in [-0.4, -0.2) is 110 Å². The Morgan fingerprint density at radius 2 is 1.08 bits per heavy atom. The third-order valence-electron chi connectivity index (χ3n) is 10.4. The fourth-order valence-electron chi connectivity index (χ4n) is 6.59. The van der Waals surface area contributed by atoms with Crippen LogP contribution in [0.25, 0.3) is 0 Å². The molecule has 1 rings (SSSR count). The van der Waals surface area contributed by atoms with Gasteiger partial charge in [0.1, 0.15) is 43.2 Å². The Hall–Kier alpha value is -2.49. The van der Waals surface area contributed by atoms with Gasteiger partial charge < -0.3 is 45.0 Å². The number of hydrogen-bond acceptors (Lipinski definition) is 13. The lowest BCUT2D eigenvalue weighted by atomic mass is 9.85. The topological polar surface area (TPSA) is 230 Å². The lowest BCUT2D eigenvalue weighted by Crippen LogP contribution is -2.64. The molecule has 9 atom stereocenters. The molecule has 0 aromatic heterocycles. The predicted molar refractivity (Wildman–Crippen MR) is 241 cm³/mol. The molecular formula is C47H81O14P. The van der Waals surface area contributed by atoms with Crippen LogP contribution in [0.5, 0.6) is 0 Å². The Morgan fingerprint density at radius 1 is 0.581 bits per heavy atom. The van der Waals surface area contributed by atoms with Crippen molar-refractivity contribution in [1.29, 1.82) is 0 Å². The molecule has 0 heterocycles. The summed E-state index contributed by atoms with van der Waals surface area (Å²) in [4.78, 5) is 35.7. The van der Waals surface area contributed by atoms with Gasteiger partial charge in [0.25, 0.3) is 0 Å². The Balaban J connectivity index is 2.54. The molecule has 7 N–H and O–H groups in total. The first-order chi connectivity index (χ1) is 29.8. The molecule has 358 valence electrons. The number of ether oxygens (including phenoxy) is 2. The second-order valence-electron chi connectivity index (χ2n) is 16.1. The van der Waals surface area contributed by atoms with Gasteiger partial charge in [0.15, 0.2) is 6.10 Å². The van der Waals surface area contributed by atoms with Crippen LogP contribution in [0.2, 0.25) is 0 Å². The van der Waals surface area contributed by atoms with Crippen LogP contribution in [0.3, 0.4) is 0 Å². The van der Waals surface area contributed by atoms with Crippen molar-refractivity contribution in [1.82, 2.24) is 0 Å². The third kappa shape index (κ3) is 29.1. The number of rotatable bonds is 37. The molecular weight excluding hydrogens is 819 g/mol. The highest BCUT2D eigenvalue weighted by Gasteiger charge is 2.51. The Kier molecular flexibility index (Phi) is 34.2. The van der Waals surface area contributed by atoms with E-state index in [4.69, 9.17) is 18.5 Å². The highest BCUT2D eigenvalue weighted by Crippen LogP contribution is 2.47. The van der Waals surface area contributed by atoms with Crippen LogP contribution in [0, 0.1) is 0 Å². The van der Waals surface area contributed by atoms with Gasteiger partial charge >= 0.3 is 19.8 Å². The largest absolute Gasteiger partial charge is 0.472 e. The molecule has 1 saturated carbocycles. The summed E-state index contributed by atoms with van der Waals surface area (Å²) >= 11 is 0. The van der Waals surface area contributed by atoms with Crippen LogP contribution in [0.4, 0.5) is 0 Å². The lowest BCUT2D eigenvalue weighted by molar-refractivity contribution is -0.220. The monoisotopic (exact) mass is 901 g/mol. The summed E-state index contributed by atoms with van der Waals surface area (Å²) in [5.41, 5.74) is 0. The molecule has 3 unspecified atom stereocenters. The zero-order chi connectivity index (χ0) is 45.9. The molecule has 15 heteroatoms. The average molecular weight is 901 g/mol. The van der Waals surface area contributed by atoms with Gasteiger partial charge in [0, 0.05) is 12.8 Å². The smallest absolute Gasteiger partial charge is 0.462 e. The van der Waals surface area contributed by atoms with Gasteiger partial charge in [-0.3, -0.25) is 18.6 Å². The number of unbranched alkanes of at least 4 members (excludes halogenated alkanes) is 15. The van der Waals surface area contributed by atoms with Crippen molar-refractivity contribution in [3.05, 3.63) is 60.8 Å². The molecule has 0 aromatic rings. The molecule has 0 spiro atoms. The first-order valence-corrected chi connectivity index (χ1v) is 24.7. The summed E-state index contributed by atoms with van der Waals surface area (Å²) in [7, 11) is -5.15. The molecule has 0 radical (unpaired) electrons. The van der Waals surface area contributed by atoms with Crippen molar-refractivity contribution < 1.29 is 68.2 Å². The van der Waals surface area contributed by atoms with E-state index in [1.165, 1.54) is 44.9 Å². The van der Waals surface area contributed by atoms with Crippen molar-refractivity contribution in [2.45, 2.75) is 210 Å². The standard InChI is InChI=1S/C47H81O14P/c1-3-5-7-9-11-12-13-14-15-16-17-18-23-27-31-35-41(50)60-39(37-59-62(56,57)61-47-45(54)43(52)42(51)44(53)46(47)55)36-58-40(49)34-30-26-22-20-19-21-25-29-33-38(48)32-28-24-10-8-6-4-2/h12-13,20-22,24-25,28-29,33,38-39,42-48,51-55H,3-11,14-19,23,26-27,30-32,34-37H2,1-2H3,(H,56,57)/b13-12-,22-20-,25-21-,28-24-,33-29+/t38-,39-,42?,43-,44+,45-,46-,47?/m1/s1. The molecule has 1 fully saturated rings. The Bertz CT molecular complexity index is 1330. The van der Waals surface area contributed by atoms with Crippen LogP contribution in [0.1, 0.15) is 162 Å². The van der Waals surface area contributed by atoms with E-state index >= 15 is 0 Å². The molecule has 62 heavy (non-hydrogen) atoms. The van der Waals surface area contributed by atoms with Crippen molar-refractivity contribution in [3.8, 4) is 0 Å². The Morgan fingerprint density at radius 3 is 1.73 bits per heavy atom. The van der Waals surface area contributed by atoms with Crippen molar-refractivity contribution in [3.63, 3.8) is 0 Å². The maximum Gasteiger partial charge on any atom is 0.472 e. The quantitative estimate of drug-likeness (QED) is 0.0103. The van der Waals surface area contributed by atoms with Crippen molar-refractivity contribution >= 4 is 19.8 Å². The first kappa shape index (κ1) is 57.5. The SMILES string of the molecule is CCCCC/C=C\C[C@@H](O)/C=C/C=C\C/C=C\CCCC(=O)OC[C@H](COP(=O)(O)OC1[C@H](O)[C@H](O)C(O)[C@H](O)[C@H]1O)OC(=O)CCCCCCCCC/C=C\CCCCCC. The number of phosphoric ester groups is 1. The summed E-state index contributed by atoms with van der Waals surface area (Å²) in [6, 6.07) is 0. The summed E-state index contributed by atoms with van der Waals surface area (Å²) < 4.78 is 33.4. The number of aliphatic hydroxyl groups excluding tert-OH is 6. The van der Waals surface area contributed by atoms with E-state index in [0.717, 1.165) is 57.8 Å². The average Bonchev–Trinajstić information content (AvgIpc) is 3.25. The van der Waals surface area contributed by atoms with E-state index in [2.05, 4.69) is 32.1 Å². The minimum Gasteiger partial charge on any atom is -0.462 e. The molecule has 0 saturated heterocycles. The van der Waals surface area contributed by atoms with Gasteiger partial charge in [0.2, 0.25) is 0 Å². The molecule has 14 nitrogen and oxygen atoms in total. The van der Waals surface area contributed by atoms with E-state index < -0.39 is 81.8 Å². The van der Waals surface area contributed by atoms with E-state index in [1.54, 1.807) is 6.08 Å². The normalized spacial score (nSPS) is 22.9. The molecule has 0 bridgehead atoms. The van der Waals surface area contributed by atoms with Gasteiger partial charge in [-0.05, 0) is 70.6 Å². The summed E-state index contributed by atoms with van der Waals surface area (Å²) in [6.07, 6.45) is 27.3. The maximum atomic E-state index is 12.8. The Labute approximate surface area is 371 Å². The van der Waals surface area contributed by atoms with Crippen molar-refractivity contribution in [2.75, 3.05) is 13.2 Å². The highest BCUT2D eigenvalue weighted by molar-refractivity contribution is 7.47. The fraction of sp³-hybridized carbons (Fsp3) is 0.745. The van der Waals surface area contributed by atoms with Crippen molar-refractivity contribution in [2.24, 2.45) is 0 Å². The second kappa shape index (κ2) is 36.8. The van der Waals surface area contributed by atoms with E-state index in [1.807, 2.05) is 36.5 Å². The molecule has 0 aromatic carbocycles. The number of carbonyl (C=O) groups is 2.